The summed E-state index contributed by atoms with van der Waals surface area (Å²) < 4.78 is 11.9. The van der Waals surface area contributed by atoms with Crippen molar-refractivity contribution in [2.45, 2.75) is 32.2 Å². The van der Waals surface area contributed by atoms with Gasteiger partial charge in [0.05, 0.1) is 5.92 Å². The molecule has 0 bridgehead atoms. The van der Waals surface area contributed by atoms with E-state index in [1.54, 1.807) is 0 Å². The molecule has 3 heterocycles. The van der Waals surface area contributed by atoms with E-state index in [9.17, 15) is 0 Å². The minimum Gasteiger partial charge on any atom is -0.492 e. The molecular formula is C26H32N4O2. The van der Waals surface area contributed by atoms with Crippen molar-refractivity contribution in [3.8, 4) is 5.75 Å². The molecule has 168 valence electrons. The van der Waals surface area contributed by atoms with Crippen LogP contribution >= 0.6 is 0 Å². The number of aromatic nitrogens is 2. The zero-order valence-electron chi connectivity index (χ0n) is 18.8. The summed E-state index contributed by atoms with van der Waals surface area (Å²) in [6, 6.07) is 20.8. The lowest BCUT2D eigenvalue weighted by molar-refractivity contribution is 0.0801. The zero-order valence-corrected chi connectivity index (χ0v) is 18.8. The lowest BCUT2D eigenvalue weighted by Gasteiger charge is -2.41. The summed E-state index contributed by atoms with van der Waals surface area (Å²) >= 11 is 0. The van der Waals surface area contributed by atoms with Crippen LogP contribution < -0.4 is 4.74 Å². The molecule has 6 heteroatoms. The molecule has 2 saturated heterocycles. The van der Waals surface area contributed by atoms with Crippen molar-refractivity contribution in [1.29, 1.82) is 0 Å². The summed E-state index contributed by atoms with van der Waals surface area (Å²) in [5, 5.41) is 8.58. The van der Waals surface area contributed by atoms with Gasteiger partial charge in [0.1, 0.15) is 12.4 Å². The van der Waals surface area contributed by atoms with Crippen LogP contribution in [-0.2, 0) is 6.54 Å². The minimum absolute atomic E-state index is 0.199. The van der Waals surface area contributed by atoms with Crippen LogP contribution in [0.1, 0.15) is 36.1 Å². The third-order valence-corrected chi connectivity index (χ3v) is 7.08. The molecule has 3 aromatic rings. The average Bonchev–Trinajstić information content (AvgIpc) is 3.40. The number of aryl methyl sites for hydroxylation is 1. The maximum absolute atomic E-state index is 5.95. The first-order chi connectivity index (χ1) is 15.7. The first-order valence-corrected chi connectivity index (χ1v) is 11.7. The number of piperidine rings is 1. The van der Waals surface area contributed by atoms with Crippen molar-refractivity contribution in [1.82, 2.24) is 20.0 Å². The van der Waals surface area contributed by atoms with Crippen molar-refractivity contribution in [3.63, 3.8) is 0 Å². The SMILES string of the molecule is Cc1nnc(C2CN(Cc3ccccc3)CC23CCN(CCOc2ccccc2)CC3)o1. The van der Waals surface area contributed by atoms with Gasteiger partial charge in [-0.1, -0.05) is 48.5 Å². The predicted molar refractivity (Wildman–Crippen MR) is 124 cm³/mol. The second kappa shape index (κ2) is 9.43. The number of hydrogen-bond donors (Lipinski definition) is 0. The Labute approximate surface area is 190 Å². The zero-order chi connectivity index (χ0) is 21.8. The van der Waals surface area contributed by atoms with E-state index in [1.165, 1.54) is 5.56 Å². The van der Waals surface area contributed by atoms with Crippen LogP contribution in [0.15, 0.2) is 65.1 Å². The molecule has 1 unspecified atom stereocenters. The second-order valence-corrected chi connectivity index (χ2v) is 9.23. The molecule has 0 amide bonds. The van der Waals surface area contributed by atoms with Gasteiger partial charge in [-0.25, -0.2) is 0 Å². The van der Waals surface area contributed by atoms with Crippen molar-refractivity contribution in [3.05, 3.63) is 78.0 Å². The molecule has 1 aromatic heterocycles. The standard InChI is InChI=1S/C26H32N4O2/c1-21-27-28-25(32-21)24-19-30(18-22-8-4-2-5-9-22)20-26(24)12-14-29(15-13-26)16-17-31-23-10-6-3-7-11-23/h2-11,24H,12-20H2,1H3. The Morgan fingerprint density at radius 3 is 2.38 bits per heavy atom. The number of ether oxygens (including phenoxy) is 1. The van der Waals surface area contributed by atoms with E-state index in [0.717, 1.165) is 70.4 Å². The summed E-state index contributed by atoms with van der Waals surface area (Å²) in [6.45, 7) is 8.78. The van der Waals surface area contributed by atoms with Gasteiger partial charge in [-0.3, -0.25) is 9.80 Å². The van der Waals surface area contributed by atoms with Gasteiger partial charge in [0, 0.05) is 33.1 Å². The van der Waals surface area contributed by atoms with Crippen LogP contribution in [0.25, 0.3) is 0 Å². The van der Waals surface area contributed by atoms with E-state index in [1.807, 2.05) is 37.3 Å². The highest BCUT2D eigenvalue weighted by Crippen LogP contribution is 2.49. The Kier molecular flexibility index (Phi) is 6.23. The van der Waals surface area contributed by atoms with Crippen molar-refractivity contribution in [2.24, 2.45) is 5.41 Å². The molecule has 6 nitrogen and oxygen atoms in total. The largest absolute Gasteiger partial charge is 0.492 e. The maximum atomic E-state index is 5.95. The Hall–Kier alpha value is -2.70. The monoisotopic (exact) mass is 432 g/mol. The van der Waals surface area contributed by atoms with Crippen LogP contribution in [0.2, 0.25) is 0 Å². The summed E-state index contributed by atoms with van der Waals surface area (Å²) in [6.07, 6.45) is 2.30. The maximum Gasteiger partial charge on any atom is 0.221 e. The van der Waals surface area contributed by atoms with Crippen molar-refractivity contribution >= 4 is 0 Å². The molecule has 1 spiro atoms. The number of hydrogen-bond acceptors (Lipinski definition) is 6. The molecule has 2 fully saturated rings. The fraction of sp³-hybridized carbons (Fsp3) is 0.462. The first kappa shape index (κ1) is 21.2. The molecule has 0 radical (unpaired) electrons. The summed E-state index contributed by atoms with van der Waals surface area (Å²) in [5.74, 6) is 2.72. The molecule has 32 heavy (non-hydrogen) atoms. The van der Waals surface area contributed by atoms with Crippen LogP contribution in [0.5, 0.6) is 5.75 Å². The first-order valence-electron chi connectivity index (χ1n) is 11.7. The van der Waals surface area contributed by atoms with Crippen molar-refractivity contribution < 1.29 is 9.15 Å². The molecule has 5 rings (SSSR count). The van der Waals surface area contributed by atoms with E-state index >= 15 is 0 Å². The van der Waals surface area contributed by atoms with E-state index in [4.69, 9.17) is 9.15 Å². The topological polar surface area (TPSA) is 54.6 Å². The number of nitrogens with zero attached hydrogens (tertiary/aromatic N) is 4. The van der Waals surface area contributed by atoms with Crippen molar-refractivity contribution in [2.75, 3.05) is 39.3 Å². The Balaban J connectivity index is 1.23. The molecule has 2 aromatic carbocycles. The van der Waals surface area contributed by atoms with Crippen LogP contribution in [0, 0.1) is 12.3 Å². The normalized spacial score (nSPS) is 21.2. The second-order valence-electron chi connectivity index (χ2n) is 9.23. The van der Waals surface area contributed by atoms with Gasteiger partial charge in [0.25, 0.3) is 0 Å². The average molecular weight is 433 g/mol. The van der Waals surface area contributed by atoms with Gasteiger partial charge >= 0.3 is 0 Å². The van der Waals surface area contributed by atoms with Gasteiger partial charge in [-0.05, 0) is 49.0 Å². The highest BCUT2D eigenvalue weighted by atomic mass is 16.5. The van der Waals surface area contributed by atoms with Crippen LogP contribution in [0.4, 0.5) is 0 Å². The minimum atomic E-state index is 0.199. The Morgan fingerprint density at radius 1 is 0.969 bits per heavy atom. The van der Waals surface area contributed by atoms with Crippen LogP contribution in [0.3, 0.4) is 0 Å². The number of likely N-dealkylation sites (tertiary alicyclic amines) is 2. The number of benzene rings is 2. The van der Waals surface area contributed by atoms with Gasteiger partial charge in [0.2, 0.25) is 11.8 Å². The van der Waals surface area contributed by atoms with E-state index in [2.05, 4.69) is 50.3 Å². The molecular weight excluding hydrogens is 400 g/mol. The summed E-state index contributed by atoms with van der Waals surface area (Å²) in [7, 11) is 0. The van der Waals surface area contributed by atoms with Gasteiger partial charge < -0.3 is 9.15 Å². The molecule has 0 aliphatic carbocycles. The van der Waals surface area contributed by atoms with Gasteiger partial charge in [0.15, 0.2) is 0 Å². The number of rotatable bonds is 7. The molecule has 2 aliphatic heterocycles. The van der Waals surface area contributed by atoms with E-state index in [-0.39, 0.29) is 5.41 Å². The predicted octanol–water partition coefficient (Wildman–Crippen LogP) is 4.14. The third-order valence-electron chi connectivity index (χ3n) is 7.08. The highest BCUT2D eigenvalue weighted by molar-refractivity contribution is 5.21. The van der Waals surface area contributed by atoms with Crippen LogP contribution in [-0.4, -0.2) is 59.3 Å². The quantitative estimate of drug-likeness (QED) is 0.559. The molecule has 0 N–H and O–H groups in total. The molecule has 0 saturated carbocycles. The van der Waals surface area contributed by atoms with Gasteiger partial charge in [-0.15, -0.1) is 10.2 Å². The molecule has 1 atom stereocenters. The fourth-order valence-electron chi connectivity index (χ4n) is 5.36. The van der Waals surface area contributed by atoms with E-state index in [0.29, 0.717) is 11.8 Å². The molecule has 2 aliphatic rings. The van der Waals surface area contributed by atoms with E-state index < -0.39 is 0 Å². The summed E-state index contributed by atoms with van der Waals surface area (Å²) in [5.41, 5.74) is 1.56. The van der Waals surface area contributed by atoms with Gasteiger partial charge in [-0.2, -0.15) is 0 Å². The fourth-order valence-corrected chi connectivity index (χ4v) is 5.36. The lowest BCUT2D eigenvalue weighted by Crippen LogP contribution is -2.44. The number of para-hydroxylation sites is 1. The summed E-state index contributed by atoms with van der Waals surface area (Å²) in [4.78, 5) is 5.11. The third kappa shape index (κ3) is 4.71. The lowest BCUT2D eigenvalue weighted by atomic mass is 9.70. The highest BCUT2D eigenvalue weighted by Gasteiger charge is 2.50. The Bertz CT molecular complexity index is 983. The smallest absolute Gasteiger partial charge is 0.221 e. The Morgan fingerprint density at radius 2 is 1.69 bits per heavy atom.